The second kappa shape index (κ2) is 5.13. The number of hydrogen-bond acceptors (Lipinski definition) is 4. The summed E-state index contributed by atoms with van der Waals surface area (Å²) in [6.45, 7) is 7.30. The van der Waals surface area contributed by atoms with Crippen LogP contribution in [0, 0.1) is 12.8 Å². The summed E-state index contributed by atoms with van der Waals surface area (Å²) in [5, 5.41) is 4.61. The summed E-state index contributed by atoms with van der Waals surface area (Å²) in [5.74, 6) is -0.345. The third-order valence-electron chi connectivity index (χ3n) is 2.96. The molecule has 2 heterocycles. The Bertz CT molecular complexity index is 685. The molecule has 6 heteroatoms. The number of aryl methyl sites for hydroxylation is 2. The number of fused-ring (bicyclic) bond motifs is 1. The van der Waals surface area contributed by atoms with Gasteiger partial charge in [0.05, 0.1) is 5.69 Å². The summed E-state index contributed by atoms with van der Waals surface area (Å²) in [5.41, 5.74) is 1.56. The lowest BCUT2D eigenvalue weighted by Gasteiger charge is -2.10. The van der Waals surface area contributed by atoms with Gasteiger partial charge in [0.1, 0.15) is 5.69 Å². The summed E-state index contributed by atoms with van der Waals surface area (Å²) < 4.78 is 1.58. The van der Waals surface area contributed by atoms with Crippen LogP contribution in [-0.4, -0.2) is 15.3 Å². The van der Waals surface area contributed by atoms with E-state index < -0.39 is 0 Å². The number of hydrogen-bond donors (Lipinski definition) is 1. The number of anilines is 1. The quantitative estimate of drug-likeness (QED) is 0.937. The standard InChI is InChI=1S/C13H17N3O2S/c1-5-9-6-19-13-14-8(4)10(12(18)16(9)13)15-11(17)7(2)3/h6-7H,5H2,1-4H3,(H,15,17). The molecule has 1 N–H and O–H groups in total. The highest BCUT2D eigenvalue weighted by molar-refractivity contribution is 7.15. The molecule has 0 radical (unpaired) electrons. The zero-order valence-corrected chi connectivity index (χ0v) is 12.3. The second-order valence-corrected chi connectivity index (χ2v) is 5.56. The molecule has 0 aliphatic rings. The van der Waals surface area contributed by atoms with Crippen molar-refractivity contribution >= 4 is 27.9 Å². The van der Waals surface area contributed by atoms with Gasteiger partial charge in [-0.1, -0.05) is 20.8 Å². The van der Waals surface area contributed by atoms with Gasteiger partial charge < -0.3 is 5.32 Å². The van der Waals surface area contributed by atoms with Crippen molar-refractivity contribution in [1.82, 2.24) is 9.38 Å². The smallest absolute Gasteiger partial charge is 0.282 e. The van der Waals surface area contributed by atoms with Gasteiger partial charge in [-0.15, -0.1) is 11.3 Å². The van der Waals surface area contributed by atoms with Crippen LogP contribution in [0.2, 0.25) is 0 Å². The van der Waals surface area contributed by atoms with Crippen molar-refractivity contribution in [3.8, 4) is 0 Å². The van der Waals surface area contributed by atoms with Crippen molar-refractivity contribution < 1.29 is 4.79 Å². The molecule has 5 nitrogen and oxygen atoms in total. The van der Waals surface area contributed by atoms with Gasteiger partial charge in [-0.05, 0) is 13.3 Å². The first-order valence-electron chi connectivity index (χ1n) is 6.26. The lowest BCUT2D eigenvalue weighted by Crippen LogP contribution is -2.27. The van der Waals surface area contributed by atoms with Gasteiger partial charge in [0.25, 0.3) is 5.56 Å². The molecule has 2 aromatic heterocycles. The Kier molecular flexibility index (Phi) is 3.71. The van der Waals surface area contributed by atoms with Gasteiger partial charge >= 0.3 is 0 Å². The summed E-state index contributed by atoms with van der Waals surface area (Å²) >= 11 is 1.44. The van der Waals surface area contributed by atoms with E-state index >= 15 is 0 Å². The van der Waals surface area contributed by atoms with Crippen LogP contribution >= 0.6 is 11.3 Å². The molecule has 2 aromatic rings. The third-order valence-corrected chi connectivity index (χ3v) is 3.83. The van der Waals surface area contributed by atoms with E-state index in [1.54, 1.807) is 25.2 Å². The minimum Gasteiger partial charge on any atom is -0.320 e. The van der Waals surface area contributed by atoms with Crippen LogP contribution in [-0.2, 0) is 11.2 Å². The van der Waals surface area contributed by atoms with Crippen LogP contribution in [0.1, 0.15) is 32.2 Å². The van der Waals surface area contributed by atoms with Gasteiger partial charge in [-0.2, -0.15) is 0 Å². The zero-order valence-electron chi connectivity index (χ0n) is 11.5. The van der Waals surface area contributed by atoms with E-state index in [-0.39, 0.29) is 23.1 Å². The van der Waals surface area contributed by atoms with Gasteiger partial charge in [-0.25, -0.2) is 4.98 Å². The molecule has 0 unspecified atom stereocenters. The Morgan fingerprint density at radius 1 is 1.53 bits per heavy atom. The molecule has 0 bridgehead atoms. The third kappa shape index (κ3) is 2.40. The predicted molar refractivity (Wildman–Crippen MR) is 76.9 cm³/mol. The molecule has 0 saturated heterocycles. The first-order chi connectivity index (χ1) is 8.95. The number of thiazole rings is 1. The number of nitrogens with one attached hydrogen (secondary N) is 1. The molecule has 102 valence electrons. The molecule has 0 saturated carbocycles. The lowest BCUT2D eigenvalue weighted by molar-refractivity contribution is -0.118. The van der Waals surface area contributed by atoms with Crippen LogP contribution in [0.5, 0.6) is 0 Å². The van der Waals surface area contributed by atoms with Gasteiger partial charge in [0.15, 0.2) is 4.96 Å². The summed E-state index contributed by atoms with van der Waals surface area (Å²) in [7, 11) is 0. The number of carbonyl (C=O) groups excluding carboxylic acids is 1. The molecule has 0 aliphatic heterocycles. The number of rotatable bonds is 3. The first-order valence-corrected chi connectivity index (χ1v) is 7.14. The Morgan fingerprint density at radius 3 is 2.79 bits per heavy atom. The maximum absolute atomic E-state index is 12.5. The van der Waals surface area contributed by atoms with E-state index in [0.717, 1.165) is 12.1 Å². The Hall–Kier alpha value is -1.69. The van der Waals surface area contributed by atoms with Crippen molar-refractivity contribution in [2.75, 3.05) is 5.32 Å². The highest BCUT2D eigenvalue weighted by atomic mass is 32.1. The van der Waals surface area contributed by atoms with Gasteiger partial charge in [-0.3, -0.25) is 14.0 Å². The van der Waals surface area contributed by atoms with E-state index in [2.05, 4.69) is 10.3 Å². The number of carbonyl (C=O) groups is 1. The SMILES string of the molecule is CCc1csc2nc(C)c(NC(=O)C(C)C)c(=O)n12. The van der Waals surface area contributed by atoms with Crippen molar-refractivity contribution in [3.63, 3.8) is 0 Å². The summed E-state index contributed by atoms with van der Waals surface area (Å²) in [4.78, 5) is 29.3. The number of nitrogens with zero attached hydrogens (tertiary/aromatic N) is 2. The Morgan fingerprint density at radius 2 is 2.21 bits per heavy atom. The Labute approximate surface area is 115 Å². The molecule has 0 aromatic carbocycles. The fourth-order valence-corrected chi connectivity index (χ4v) is 2.77. The maximum Gasteiger partial charge on any atom is 0.282 e. The molecule has 0 spiro atoms. The normalized spacial score (nSPS) is 11.2. The van der Waals surface area contributed by atoms with Crippen LogP contribution in [0.4, 0.5) is 5.69 Å². The Balaban J connectivity index is 2.61. The fourth-order valence-electron chi connectivity index (χ4n) is 1.76. The lowest BCUT2D eigenvalue weighted by atomic mass is 10.2. The zero-order chi connectivity index (χ0) is 14.2. The summed E-state index contributed by atoms with van der Waals surface area (Å²) in [6, 6.07) is 0. The average Bonchev–Trinajstić information content (AvgIpc) is 2.76. The van der Waals surface area contributed by atoms with E-state index in [4.69, 9.17) is 0 Å². The van der Waals surface area contributed by atoms with Crippen molar-refractivity contribution in [1.29, 1.82) is 0 Å². The minimum atomic E-state index is -0.199. The second-order valence-electron chi connectivity index (χ2n) is 4.72. The topological polar surface area (TPSA) is 63.5 Å². The molecule has 0 aliphatic carbocycles. The summed E-state index contributed by atoms with van der Waals surface area (Å²) in [6.07, 6.45) is 0.752. The first kappa shape index (κ1) is 13.7. The average molecular weight is 279 g/mol. The van der Waals surface area contributed by atoms with E-state index in [1.807, 2.05) is 12.3 Å². The molecule has 1 amide bonds. The molecular formula is C13H17N3O2S. The van der Waals surface area contributed by atoms with Gasteiger partial charge in [0, 0.05) is 17.0 Å². The van der Waals surface area contributed by atoms with E-state index in [0.29, 0.717) is 10.7 Å². The largest absolute Gasteiger partial charge is 0.320 e. The van der Waals surface area contributed by atoms with Crippen molar-refractivity contribution in [2.24, 2.45) is 5.92 Å². The molecule has 2 rings (SSSR count). The molecular weight excluding hydrogens is 262 g/mol. The van der Waals surface area contributed by atoms with Crippen LogP contribution in [0.3, 0.4) is 0 Å². The van der Waals surface area contributed by atoms with E-state index in [1.165, 1.54) is 11.3 Å². The van der Waals surface area contributed by atoms with E-state index in [9.17, 15) is 9.59 Å². The monoisotopic (exact) mass is 279 g/mol. The predicted octanol–water partition coefficient (Wildman–Crippen LogP) is 2.22. The molecule has 0 atom stereocenters. The molecule has 19 heavy (non-hydrogen) atoms. The number of aromatic nitrogens is 2. The number of amides is 1. The van der Waals surface area contributed by atoms with Gasteiger partial charge in [0.2, 0.25) is 5.91 Å². The van der Waals surface area contributed by atoms with Crippen molar-refractivity contribution in [2.45, 2.75) is 34.1 Å². The maximum atomic E-state index is 12.5. The highest BCUT2D eigenvalue weighted by Gasteiger charge is 2.16. The van der Waals surface area contributed by atoms with Crippen LogP contribution in [0.15, 0.2) is 10.2 Å². The van der Waals surface area contributed by atoms with Crippen LogP contribution < -0.4 is 10.9 Å². The fraction of sp³-hybridized carbons (Fsp3) is 0.462. The highest BCUT2D eigenvalue weighted by Crippen LogP contribution is 2.17. The van der Waals surface area contributed by atoms with Crippen LogP contribution in [0.25, 0.3) is 4.96 Å². The van der Waals surface area contributed by atoms with Crippen molar-refractivity contribution in [3.05, 3.63) is 27.1 Å². The minimum absolute atomic E-state index is 0.171. The molecule has 0 fully saturated rings.